The Bertz CT molecular complexity index is 641. The molecular formula is C13H14FN5OS. The molecule has 1 heterocycles. The number of nitrogens with two attached hydrogens (primary N) is 1. The third-order valence-corrected chi connectivity index (χ3v) is 3.49. The van der Waals surface area contributed by atoms with Gasteiger partial charge in [-0.2, -0.15) is 0 Å². The quantitative estimate of drug-likeness (QED) is 0.476. The van der Waals surface area contributed by atoms with Gasteiger partial charge in [0.15, 0.2) is 5.82 Å². The summed E-state index contributed by atoms with van der Waals surface area (Å²) in [5.74, 6) is 5.98. The van der Waals surface area contributed by atoms with E-state index in [0.29, 0.717) is 23.1 Å². The average molecular weight is 307 g/mol. The van der Waals surface area contributed by atoms with E-state index in [4.69, 9.17) is 5.84 Å². The van der Waals surface area contributed by atoms with Crippen LogP contribution in [0.4, 0.5) is 4.39 Å². The largest absolute Gasteiger partial charge is 0.352 e. The van der Waals surface area contributed by atoms with E-state index in [1.807, 2.05) is 0 Å². The van der Waals surface area contributed by atoms with Crippen molar-refractivity contribution in [2.75, 3.05) is 18.1 Å². The van der Waals surface area contributed by atoms with Crippen LogP contribution in [-0.2, 0) is 4.79 Å². The van der Waals surface area contributed by atoms with Gasteiger partial charge in [-0.3, -0.25) is 4.79 Å². The third kappa shape index (κ3) is 3.82. The molecule has 1 aromatic heterocycles. The molecule has 0 fully saturated rings. The lowest BCUT2D eigenvalue weighted by molar-refractivity contribution is -0.118. The molecule has 110 valence electrons. The first-order valence-electron chi connectivity index (χ1n) is 6.08. The first-order chi connectivity index (χ1) is 10.1. The number of aromatic nitrogens is 3. The van der Waals surface area contributed by atoms with Gasteiger partial charge >= 0.3 is 0 Å². The molecule has 0 spiro atoms. The van der Waals surface area contributed by atoms with E-state index in [0.717, 1.165) is 0 Å². The zero-order chi connectivity index (χ0) is 15.2. The number of nitrogens with zero attached hydrogens (tertiary/aromatic N) is 3. The van der Waals surface area contributed by atoms with Gasteiger partial charge < -0.3 is 11.2 Å². The first kappa shape index (κ1) is 15.0. The molecule has 8 heteroatoms. The van der Waals surface area contributed by atoms with Crippen LogP contribution in [0.1, 0.15) is 0 Å². The van der Waals surface area contributed by atoms with E-state index in [2.05, 4.69) is 22.1 Å². The number of rotatable bonds is 6. The molecule has 0 radical (unpaired) electrons. The Hall–Kier alpha value is -2.35. The van der Waals surface area contributed by atoms with E-state index in [-0.39, 0.29) is 17.5 Å². The predicted molar refractivity (Wildman–Crippen MR) is 79.5 cm³/mol. The summed E-state index contributed by atoms with van der Waals surface area (Å²) in [6.45, 7) is 3.93. The minimum atomic E-state index is -0.338. The SMILES string of the molecule is C=CCNC(=O)CSc1nnc(-c2ccc(F)cc2)n1N. The van der Waals surface area contributed by atoms with E-state index in [9.17, 15) is 9.18 Å². The highest BCUT2D eigenvalue weighted by molar-refractivity contribution is 7.99. The molecule has 0 saturated carbocycles. The van der Waals surface area contributed by atoms with Crippen molar-refractivity contribution < 1.29 is 9.18 Å². The predicted octanol–water partition coefficient (Wildman–Crippen LogP) is 1.19. The fourth-order valence-corrected chi connectivity index (χ4v) is 2.22. The van der Waals surface area contributed by atoms with Crippen molar-refractivity contribution in [3.05, 3.63) is 42.7 Å². The minimum Gasteiger partial charge on any atom is -0.352 e. The highest BCUT2D eigenvalue weighted by Crippen LogP contribution is 2.21. The van der Waals surface area contributed by atoms with Crippen LogP contribution in [0.3, 0.4) is 0 Å². The summed E-state index contributed by atoms with van der Waals surface area (Å²) < 4.78 is 14.2. The molecule has 2 rings (SSSR count). The van der Waals surface area contributed by atoms with E-state index in [1.165, 1.54) is 28.6 Å². The van der Waals surface area contributed by atoms with Crippen LogP contribution in [0.25, 0.3) is 11.4 Å². The number of thioether (sulfide) groups is 1. The van der Waals surface area contributed by atoms with Crippen molar-refractivity contribution >= 4 is 17.7 Å². The maximum Gasteiger partial charge on any atom is 0.230 e. The molecular weight excluding hydrogens is 293 g/mol. The highest BCUT2D eigenvalue weighted by Gasteiger charge is 2.13. The second-order valence-corrected chi connectivity index (χ2v) is 5.01. The fraction of sp³-hybridized carbons (Fsp3) is 0.154. The van der Waals surface area contributed by atoms with E-state index < -0.39 is 0 Å². The lowest BCUT2D eigenvalue weighted by Gasteiger charge is -2.04. The molecule has 2 aromatic rings. The van der Waals surface area contributed by atoms with E-state index in [1.54, 1.807) is 18.2 Å². The Balaban J connectivity index is 2.05. The number of halogens is 1. The third-order valence-electron chi connectivity index (χ3n) is 2.54. The molecule has 0 bridgehead atoms. The van der Waals surface area contributed by atoms with Crippen LogP contribution in [0.15, 0.2) is 42.1 Å². The van der Waals surface area contributed by atoms with Gasteiger partial charge in [0.05, 0.1) is 5.75 Å². The molecule has 1 aromatic carbocycles. The number of carbonyl (C=O) groups excluding carboxylic acids is 1. The van der Waals surface area contributed by atoms with Crippen LogP contribution < -0.4 is 11.2 Å². The van der Waals surface area contributed by atoms with Gasteiger partial charge in [-0.1, -0.05) is 17.8 Å². The lowest BCUT2D eigenvalue weighted by atomic mass is 10.2. The summed E-state index contributed by atoms with van der Waals surface area (Å²) in [6, 6.07) is 5.76. The van der Waals surface area contributed by atoms with Gasteiger partial charge in [-0.15, -0.1) is 16.8 Å². The van der Waals surface area contributed by atoms with Gasteiger partial charge in [-0.25, -0.2) is 9.07 Å². The van der Waals surface area contributed by atoms with Crippen molar-refractivity contribution in [2.45, 2.75) is 5.16 Å². The molecule has 6 nitrogen and oxygen atoms in total. The second kappa shape index (κ2) is 6.89. The monoisotopic (exact) mass is 307 g/mol. The van der Waals surface area contributed by atoms with Crippen LogP contribution in [0, 0.1) is 5.82 Å². The van der Waals surface area contributed by atoms with E-state index >= 15 is 0 Å². The lowest BCUT2D eigenvalue weighted by Crippen LogP contribution is -2.25. The summed E-state index contributed by atoms with van der Waals surface area (Å²) in [5, 5.41) is 10.9. The van der Waals surface area contributed by atoms with Crippen molar-refractivity contribution in [1.29, 1.82) is 0 Å². The molecule has 0 saturated heterocycles. The molecule has 0 aliphatic heterocycles. The van der Waals surface area contributed by atoms with Crippen LogP contribution in [-0.4, -0.2) is 33.1 Å². The summed E-state index contributed by atoms with van der Waals surface area (Å²) >= 11 is 1.17. The van der Waals surface area contributed by atoms with Crippen LogP contribution >= 0.6 is 11.8 Å². The van der Waals surface area contributed by atoms with Gasteiger partial charge in [0.25, 0.3) is 0 Å². The number of nitrogen functional groups attached to an aromatic ring is 1. The number of carbonyl (C=O) groups is 1. The Labute approximate surface area is 125 Å². The average Bonchev–Trinajstić information content (AvgIpc) is 2.85. The number of benzene rings is 1. The smallest absolute Gasteiger partial charge is 0.230 e. The number of hydrogen-bond acceptors (Lipinski definition) is 5. The Morgan fingerprint density at radius 3 is 2.81 bits per heavy atom. The maximum atomic E-state index is 12.9. The zero-order valence-corrected chi connectivity index (χ0v) is 11.9. The molecule has 0 aliphatic rings. The normalized spacial score (nSPS) is 10.3. The topological polar surface area (TPSA) is 85.8 Å². The van der Waals surface area contributed by atoms with Gasteiger partial charge in [0, 0.05) is 12.1 Å². The summed E-state index contributed by atoms with van der Waals surface area (Å²) in [4.78, 5) is 11.5. The van der Waals surface area contributed by atoms with Gasteiger partial charge in [0.1, 0.15) is 5.82 Å². The molecule has 21 heavy (non-hydrogen) atoms. The van der Waals surface area contributed by atoms with Crippen LogP contribution in [0.2, 0.25) is 0 Å². The molecule has 1 amide bonds. The van der Waals surface area contributed by atoms with Crippen LogP contribution in [0.5, 0.6) is 0 Å². The Morgan fingerprint density at radius 1 is 1.43 bits per heavy atom. The van der Waals surface area contributed by atoms with Crippen molar-refractivity contribution in [3.63, 3.8) is 0 Å². The summed E-state index contributed by atoms with van der Waals surface area (Å²) in [7, 11) is 0. The zero-order valence-electron chi connectivity index (χ0n) is 11.1. The maximum absolute atomic E-state index is 12.9. The van der Waals surface area contributed by atoms with Gasteiger partial charge in [0.2, 0.25) is 11.1 Å². The minimum absolute atomic E-state index is 0.147. The Morgan fingerprint density at radius 2 is 2.14 bits per heavy atom. The molecule has 3 N–H and O–H groups in total. The first-order valence-corrected chi connectivity index (χ1v) is 7.07. The van der Waals surface area contributed by atoms with Crippen molar-refractivity contribution in [2.24, 2.45) is 0 Å². The number of hydrogen-bond donors (Lipinski definition) is 2. The number of nitrogens with one attached hydrogen (secondary N) is 1. The molecule has 0 atom stereocenters. The molecule has 0 unspecified atom stereocenters. The molecule has 0 aliphatic carbocycles. The second-order valence-electron chi connectivity index (χ2n) is 4.06. The Kier molecular flexibility index (Phi) is 4.94. The highest BCUT2D eigenvalue weighted by atomic mass is 32.2. The van der Waals surface area contributed by atoms with Crippen molar-refractivity contribution in [3.8, 4) is 11.4 Å². The standard InChI is InChI=1S/C13H14FN5OS/c1-2-7-16-11(20)8-21-13-18-17-12(19(13)15)9-3-5-10(14)6-4-9/h2-6H,1,7-8,15H2,(H,16,20). The summed E-state index contributed by atoms with van der Waals surface area (Å²) in [5.41, 5.74) is 0.648. The fourth-order valence-electron chi connectivity index (χ4n) is 1.54. The van der Waals surface area contributed by atoms with Gasteiger partial charge in [-0.05, 0) is 24.3 Å². The summed E-state index contributed by atoms with van der Waals surface area (Å²) in [6.07, 6.45) is 1.60. The number of amides is 1. The van der Waals surface area contributed by atoms with Crippen molar-refractivity contribution in [1.82, 2.24) is 20.2 Å².